The lowest BCUT2D eigenvalue weighted by Crippen LogP contribution is -2.45. The number of ether oxygens (including phenoxy) is 1. The number of fused-ring (bicyclic) bond motifs is 1. The summed E-state index contributed by atoms with van der Waals surface area (Å²) >= 11 is 1.50. The second kappa shape index (κ2) is 8.31. The molecule has 27 heavy (non-hydrogen) atoms. The van der Waals surface area contributed by atoms with E-state index >= 15 is 0 Å². The number of para-hydroxylation sites is 1. The van der Waals surface area contributed by atoms with E-state index < -0.39 is 12.0 Å². The van der Waals surface area contributed by atoms with Gasteiger partial charge in [-0.1, -0.05) is 43.7 Å². The van der Waals surface area contributed by atoms with Crippen LogP contribution in [-0.2, 0) is 16.1 Å². The third-order valence-electron chi connectivity index (χ3n) is 4.16. The summed E-state index contributed by atoms with van der Waals surface area (Å²) in [4.78, 5) is 29.5. The molecule has 5 nitrogen and oxygen atoms in total. The number of esters is 1. The van der Waals surface area contributed by atoms with Crippen molar-refractivity contribution in [2.24, 2.45) is 5.92 Å². The molecule has 0 aliphatic carbocycles. The summed E-state index contributed by atoms with van der Waals surface area (Å²) in [7, 11) is 0. The van der Waals surface area contributed by atoms with Crippen molar-refractivity contribution in [3.8, 4) is 0 Å². The van der Waals surface area contributed by atoms with Gasteiger partial charge in [0.15, 0.2) is 0 Å². The minimum Gasteiger partial charge on any atom is -0.457 e. The van der Waals surface area contributed by atoms with Crippen LogP contribution in [0.5, 0.6) is 0 Å². The summed E-state index contributed by atoms with van der Waals surface area (Å²) < 4.78 is 6.49. The minimum absolute atomic E-state index is 0.0957. The van der Waals surface area contributed by atoms with Crippen LogP contribution >= 0.6 is 11.3 Å². The standard InChI is InChI=1S/C21H22N2O3S/c1-13(2)19(23-20(24)15-8-6-7-14(3)11-15)21(25)26-12-18-22-16-9-4-5-10-17(16)27-18/h4-11,13,19H,12H2,1-3H3,(H,23,24). The fraction of sp³-hybridized carbons (Fsp3) is 0.286. The van der Waals surface area contributed by atoms with Gasteiger partial charge in [-0.15, -0.1) is 11.3 Å². The van der Waals surface area contributed by atoms with Crippen LogP contribution < -0.4 is 5.32 Å². The smallest absolute Gasteiger partial charge is 0.329 e. The second-order valence-electron chi connectivity index (χ2n) is 6.75. The molecular weight excluding hydrogens is 360 g/mol. The monoisotopic (exact) mass is 382 g/mol. The van der Waals surface area contributed by atoms with E-state index in [0.29, 0.717) is 5.56 Å². The molecule has 0 saturated heterocycles. The Morgan fingerprint density at radius 1 is 1.15 bits per heavy atom. The predicted octanol–water partition coefficient (Wildman–Crippen LogP) is 4.10. The molecule has 0 aliphatic heterocycles. The lowest BCUT2D eigenvalue weighted by atomic mass is 10.0. The van der Waals surface area contributed by atoms with E-state index in [-0.39, 0.29) is 18.4 Å². The maximum Gasteiger partial charge on any atom is 0.329 e. The zero-order valence-corrected chi connectivity index (χ0v) is 16.4. The third-order valence-corrected chi connectivity index (χ3v) is 5.17. The summed E-state index contributed by atoms with van der Waals surface area (Å²) in [6.07, 6.45) is 0. The highest BCUT2D eigenvalue weighted by Gasteiger charge is 2.26. The van der Waals surface area contributed by atoms with Crippen LogP contribution in [0.15, 0.2) is 48.5 Å². The first-order chi connectivity index (χ1) is 12.9. The van der Waals surface area contributed by atoms with Gasteiger partial charge >= 0.3 is 5.97 Å². The molecule has 0 aliphatic rings. The van der Waals surface area contributed by atoms with Gasteiger partial charge < -0.3 is 10.1 Å². The number of thiazole rings is 1. The lowest BCUT2D eigenvalue weighted by molar-refractivity contribution is -0.148. The molecule has 0 saturated carbocycles. The number of carbonyl (C=O) groups is 2. The summed E-state index contributed by atoms with van der Waals surface area (Å²) in [5, 5.41) is 3.53. The topological polar surface area (TPSA) is 68.3 Å². The van der Waals surface area contributed by atoms with Crippen LogP contribution in [0.25, 0.3) is 10.2 Å². The van der Waals surface area contributed by atoms with Crippen molar-refractivity contribution in [1.82, 2.24) is 10.3 Å². The van der Waals surface area contributed by atoms with Crippen molar-refractivity contribution in [2.45, 2.75) is 33.4 Å². The largest absolute Gasteiger partial charge is 0.457 e. The first-order valence-electron chi connectivity index (χ1n) is 8.82. The quantitative estimate of drug-likeness (QED) is 0.652. The molecule has 0 fully saturated rings. The minimum atomic E-state index is -0.715. The molecule has 0 bridgehead atoms. The molecule has 1 atom stereocenters. The van der Waals surface area contributed by atoms with Gasteiger partial charge in [0.2, 0.25) is 0 Å². The summed E-state index contributed by atoms with van der Waals surface area (Å²) in [5.41, 5.74) is 2.41. The Labute approximate surface area is 162 Å². The van der Waals surface area contributed by atoms with Gasteiger partial charge in [0.25, 0.3) is 5.91 Å². The maximum atomic E-state index is 12.5. The number of nitrogens with one attached hydrogen (secondary N) is 1. The second-order valence-corrected chi connectivity index (χ2v) is 7.86. The number of amides is 1. The Hall–Kier alpha value is -2.73. The molecule has 0 radical (unpaired) electrons. The third kappa shape index (κ3) is 4.71. The van der Waals surface area contributed by atoms with Crippen LogP contribution in [0.2, 0.25) is 0 Å². The van der Waals surface area contributed by atoms with Gasteiger partial charge in [-0.25, -0.2) is 9.78 Å². The maximum absolute atomic E-state index is 12.5. The van der Waals surface area contributed by atoms with Crippen LogP contribution in [0, 0.1) is 12.8 Å². The zero-order chi connectivity index (χ0) is 19.4. The molecule has 1 aromatic heterocycles. The summed E-state index contributed by atoms with van der Waals surface area (Å²) in [6, 6.07) is 14.3. The summed E-state index contributed by atoms with van der Waals surface area (Å²) in [5.74, 6) is -0.832. The number of aryl methyl sites for hydroxylation is 1. The molecule has 1 unspecified atom stereocenters. The number of rotatable bonds is 6. The molecule has 0 spiro atoms. The zero-order valence-electron chi connectivity index (χ0n) is 15.6. The van der Waals surface area contributed by atoms with Crippen LogP contribution in [-0.4, -0.2) is 22.9 Å². The molecule has 3 rings (SSSR count). The normalized spacial score (nSPS) is 12.1. The Morgan fingerprint density at radius 2 is 1.93 bits per heavy atom. The van der Waals surface area contributed by atoms with E-state index in [1.165, 1.54) is 11.3 Å². The number of benzene rings is 2. The average molecular weight is 382 g/mol. The van der Waals surface area contributed by atoms with Crippen molar-refractivity contribution < 1.29 is 14.3 Å². The van der Waals surface area contributed by atoms with Gasteiger partial charge in [-0.2, -0.15) is 0 Å². The molecule has 3 aromatic rings. The fourth-order valence-corrected chi connectivity index (χ4v) is 3.59. The highest BCUT2D eigenvalue weighted by molar-refractivity contribution is 7.18. The van der Waals surface area contributed by atoms with Crippen LogP contribution in [0.4, 0.5) is 0 Å². The van der Waals surface area contributed by atoms with Gasteiger partial charge in [0, 0.05) is 5.56 Å². The molecular formula is C21H22N2O3S. The first-order valence-corrected chi connectivity index (χ1v) is 9.64. The Balaban J connectivity index is 1.65. The lowest BCUT2D eigenvalue weighted by Gasteiger charge is -2.20. The number of hydrogen-bond acceptors (Lipinski definition) is 5. The van der Waals surface area contributed by atoms with E-state index in [2.05, 4.69) is 10.3 Å². The van der Waals surface area contributed by atoms with E-state index in [0.717, 1.165) is 20.8 Å². The Kier molecular flexibility index (Phi) is 5.86. The summed E-state index contributed by atoms with van der Waals surface area (Å²) in [6.45, 7) is 5.77. The molecule has 140 valence electrons. The molecule has 6 heteroatoms. The van der Waals surface area contributed by atoms with Gasteiger partial charge in [0.05, 0.1) is 10.2 Å². The molecule has 1 N–H and O–H groups in total. The van der Waals surface area contributed by atoms with Crippen molar-refractivity contribution in [3.05, 3.63) is 64.7 Å². The fourth-order valence-electron chi connectivity index (χ4n) is 2.71. The average Bonchev–Trinajstić information content (AvgIpc) is 3.06. The SMILES string of the molecule is Cc1cccc(C(=O)NC(C(=O)OCc2nc3ccccc3s2)C(C)C)c1. The Morgan fingerprint density at radius 3 is 2.63 bits per heavy atom. The molecule has 2 aromatic carbocycles. The highest BCUT2D eigenvalue weighted by Crippen LogP contribution is 2.22. The van der Waals surface area contributed by atoms with E-state index in [1.807, 2.05) is 57.2 Å². The van der Waals surface area contributed by atoms with Crippen molar-refractivity contribution in [3.63, 3.8) is 0 Å². The van der Waals surface area contributed by atoms with Crippen LogP contribution in [0.1, 0.15) is 34.8 Å². The highest BCUT2D eigenvalue weighted by atomic mass is 32.1. The first kappa shape index (κ1) is 19.0. The van der Waals surface area contributed by atoms with Crippen molar-refractivity contribution >= 4 is 33.4 Å². The predicted molar refractivity (Wildman–Crippen MR) is 107 cm³/mol. The number of carbonyl (C=O) groups excluding carboxylic acids is 2. The van der Waals surface area contributed by atoms with E-state index in [9.17, 15) is 9.59 Å². The van der Waals surface area contributed by atoms with Gasteiger partial charge in [0.1, 0.15) is 17.7 Å². The number of nitrogens with zero attached hydrogens (tertiary/aromatic N) is 1. The molecule has 1 heterocycles. The Bertz CT molecular complexity index is 932. The van der Waals surface area contributed by atoms with Crippen molar-refractivity contribution in [1.29, 1.82) is 0 Å². The number of hydrogen-bond donors (Lipinski definition) is 1. The van der Waals surface area contributed by atoms with Crippen molar-refractivity contribution in [2.75, 3.05) is 0 Å². The van der Waals surface area contributed by atoms with Crippen LogP contribution in [0.3, 0.4) is 0 Å². The molecule has 1 amide bonds. The van der Waals surface area contributed by atoms with E-state index in [1.54, 1.807) is 12.1 Å². The van der Waals surface area contributed by atoms with E-state index in [4.69, 9.17) is 4.74 Å². The van der Waals surface area contributed by atoms with Gasteiger partial charge in [-0.05, 0) is 37.1 Å². The number of aromatic nitrogens is 1. The van der Waals surface area contributed by atoms with Gasteiger partial charge in [-0.3, -0.25) is 4.79 Å².